The van der Waals surface area contributed by atoms with E-state index in [0.717, 1.165) is 34.4 Å². The molecule has 0 bridgehead atoms. The van der Waals surface area contributed by atoms with Crippen LogP contribution in [0.2, 0.25) is 0 Å². The van der Waals surface area contributed by atoms with Crippen molar-refractivity contribution in [1.29, 1.82) is 0 Å². The molecule has 3 N–H and O–H groups in total. The molecule has 0 saturated heterocycles. The van der Waals surface area contributed by atoms with Gasteiger partial charge in [0.1, 0.15) is 12.6 Å². The summed E-state index contributed by atoms with van der Waals surface area (Å²) in [6, 6.07) is 18.0. The summed E-state index contributed by atoms with van der Waals surface area (Å²) < 4.78 is 9.93. The summed E-state index contributed by atoms with van der Waals surface area (Å²) in [5.74, 6) is -1.72. The number of nitrogens with zero attached hydrogens (tertiary/aromatic N) is 1. The fourth-order valence-electron chi connectivity index (χ4n) is 3.96. The third-order valence-corrected chi connectivity index (χ3v) is 5.51. The van der Waals surface area contributed by atoms with Crippen LogP contribution in [0.15, 0.2) is 66.7 Å². The van der Waals surface area contributed by atoms with Gasteiger partial charge >= 0.3 is 17.8 Å². The fraction of sp³-hybridized carbons (Fsp3) is 0.167. The van der Waals surface area contributed by atoms with Gasteiger partial charge in [-0.25, -0.2) is 9.59 Å². The van der Waals surface area contributed by atoms with Gasteiger partial charge in [-0.1, -0.05) is 54.6 Å². The highest BCUT2D eigenvalue weighted by molar-refractivity contribution is 5.86. The molecule has 0 radical (unpaired) electrons. The zero-order valence-electron chi connectivity index (χ0n) is 17.3. The minimum absolute atomic E-state index is 0.0144. The van der Waals surface area contributed by atoms with E-state index in [1.54, 1.807) is 0 Å². The van der Waals surface area contributed by atoms with Crippen LogP contribution < -0.4 is 5.73 Å². The zero-order valence-corrected chi connectivity index (χ0v) is 17.3. The number of hydrogen-bond donors (Lipinski definition) is 2. The molecule has 3 aromatic carbocycles. The fourth-order valence-corrected chi connectivity index (χ4v) is 3.96. The van der Waals surface area contributed by atoms with Gasteiger partial charge in [0.2, 0.25) is 0 Å². The SMILES string of the molecule is N[C@@H](Cc1ccc(O)c([N+](=O)[O-])c1)C(=O)OC(=O)OCC1c2ccccc2-c2ccccc21. The average molecular weight is 448 g/mol. The molecule has 0 heterocycles. The molecule has 0 aromatic heterocycles. The summed E-state index contributed by atoms with van der Waals surface area (Å²) in [5.41, 5.74) is 9.78. The topological polar surface area (TPSA) is 142 Å². The molecule has 4 rings (SSSR count). The Balaban J connectivity index is 1.36. The number of nitrogens with two attached hydrogens (primary N) is 1. The maximum Gasteiger partial charge on any atom is 0.516 e. The van der Waals surface area contributed by atoms with E-state index in [1.807, 2.05) is 48.5 Å². The van der Waals surface area contributed by atoms with Crippen molar-refractivity contribution < 1.29 is 29.1 Å². The summed E-state index contributed by atoms with van der Waals surface area (Å²) in [7, 11) is 0. The standard InChI is InChI=1S/C24H20N2O7/c25-20(11-14-9-10-22(27)21(12-14)26(30)31)23(28)33-24(29)32-13-19-17-7-3-1-5-15(17)16-6-2-4-8-18(16)19/h1-10,12,19-20,27H,11,13,25H2/t20-/m0/s1. The van der Waals surface area contributed by atoms with Gasteiger partial charge in [-0.15, -0.1) is 0 Å². The third-order valence-electron chi connectivity index (χ3n) is 5.51. The van der Waals surface area contributed by atoms with Gasteiger partial charge in [0.05, 0.1) is 4.92 Å². The number of carbonyl (C=O) groups is 2. The third kappa shape index (κ3) is 4.53. The second-order valence-corrected chi connectivity index (χ2v) is 7.60. The number of nitro groups is 1. The summed E-state index contributed by atoms with van der Waals surface area (Å²) in [4.78, 5) is 34.5. The lowest BCUT2D eigenvalue weighted by atomic mass is 9.98. The van der Waals surface area contributed by atoms with Gasteiger partial charge in [0.15, 0.2) is 5.75 Å². The van der Waals surface area contributed by atoms with E-state index in [0.29, 0.717) is 5.56 Å². The van der Waals surface area contributed by atoms with E-state index >= 15 is 0 Å². The highest BCUT2D eigenvalue weighted by Crippen LogP contribution is 2.44. The Morgan fingerprint density at radius 2 is 1.64 bits per heavy atom. The zero-order chi connectivity index (χ0) is 23.5. The molecule has 0 aliphatic heterocycles. The lowest BCUT2D eigenvalue weighted by molar-refractivity contribution is -0.385. The minimum atomic E-state index is -1.25. The Kier molecular flexibility index (Phi) is 6.05. The smallest absolute Gasteiger partial charge is 0.502 e. The van der Waals surface area contributed by atoms with E-state index in [4.69, 9.17) is 15.2 Å². The molecule has 1 atom stereocenters. The van der Waals surface area contributed by atoms with Crippen molar-refractivity contribution in [3.05, 3.63) is 93.5 Å². The number of benzene rings is 3. The molecule has 9 nitrogen and oxygen atoms in total. The van der Waals surface area contributed by atoms with Crippen molar-refractivity contribution in [3.63, 3.8) is 0 Å². The maximum absolute atomic E-state index is 12.2. The Morgan fingerprint density at radius 1 is 1.03 bits per heavy atom. The van der Waals surface area contributed by atoms with E-state index in [1.165, 1.54) is 6.07 Å². The number of fused-ring (bicyclic) bond motifs is 3. The minimum Gasteiger partial charge on any atom is -0.502 e. The number of rotatable bonds is 6. The summed E-state index contributed by atoms with van der Waals surface area (Å²) in [5, 5.41) is 20.4. The predicted molar refractivity (Wildman–Crippen MR) is 118 cm³/mol. The number of nitro benzene ring substituents is 1. The number of hydrogen-bond acceptors (Lipinski definition) is 8. The lowest BCUT2D eigenvalue weighted by Crippen LogP contribution is -2.36. The van der Waals surface area contributed by atoms with Crippen LogP contribution in [0.5, 0.6) is 5.75 Å². The maximum atomic E-state index is 12.2. The molecule has 1 aliphatic rings. The molecule has 0 amide bonds. The van der Waals surface area contributed by atoms with Crippen LogP contribution in [0, 0.1) is 10.1 Å². The first-order valence-corrected chi connectivity index (χ1v) is 10.1. The van der Waals surface area contributed by atoms with Crippen LogP contribution in [0.25, 0.3) is 11.1 Å². The van der Waals surface area contributed by atoms with Gasteiger partial charge in [0, 0.05) is 12.0 Å². The first kappa shape index (κ1) is 22.0. The van der Waals surface area contributed by atoms with Crippen LogP contribution >= 0.6 is 0 Å². The van der Waals surface area contributed by atoms with Crippen LogP contribution in [-0.4, -0.2) is 34.8 Å². The molecule has 0 fully saturated rings. The van der Waals surface area contributed by atoms with Crippen LogP contribution in [0.3, 0.4) is 0 Å². The molecular formula is C24H20N2O7. The van der Waals surface area contributed by atoms with Crippen LogP contribution in [-0.2, 0) is 20.7 Å². The van der Waals surface area contributed by atoms with Crippen LogP contribution in [0.4, 0.5) is 10.5 Å². The monoisotopic (exact) mass is 448 g/mol. The second-order valence-electron chi connectivity index (χ2n) is 7.60. The van der Waals surface area contributed by atoms with Crippen molar-refractivity contribution in [3.8, 4) is 16.9 Å². The van der Waals surface area contributed by atoms with Gasteiger partial charge in [0.25, 0.3) is 0 Å². The number of aromatic hydroxyl groups is 1. The largest absolute Gasteiger partial charge is 0.516 e. The number of phenolic OH excluding ortho intramolecular Hbond substituents is 1. The van der Waals surface area contributed by atoms with E-state index in [-0.39, 0.29) is 18.9 Å². The number of phenols is 1. The molecule has 0 saturated carbocycles. The number of ether oxygens (including phenoxy) is 2. The normalized spacial score (nSPS) is 13.0. The highest BCUT2D eigenvalue weighted by Gasteiger charge is 2.30. The first-order chi connectivity index (χ1) is 15.8. The Morgan fingerprint density at radius 3 is 2.24 bits per heavy atom. The van der Waals surface area contributed by atoms with Gasteiger partial charge in [-0.2, -0.15) is 0 Å². The molecular weight excluding hydrogens is 428 g/mol. The van der Waals surface area contributed by atoms with E-state index in [2.05, 4.69) is 0 Å². The average Bonchev–Trinajstić information content (AvgIpc) is 3.12. The number of carbonyl (C=O) groups excluding carboxylic acids is 2. The molecule has 33 heavy (non-hydrogen) atoms. The van der Waals surface area contributed by atoms with Crippen molar-refractivity contribution >= 4 is 17.8 Å². The van der Waals surface area contributed by atoms with Crippen molar-refractivity contribution in [2.24, 2.45) is 5.73 Å². The van der Waals surface area contributed by atoms with Crippen molar-refractivity contribution in [2.75, 3.05) is 6.61 Å². The van der Waals surface area contributed by atoms with Crippen molar-refractivity contribution in [2.45, 2.75) is 18.4 Å². The summed E-state index contributed by atoms with van der Waals surface area (Å²) in [6.45, 7) is -0.0144. The summed E-state index contributed by atoms with van der Waals surface area (Å²) in [6.07, 6.45) is -1.30. The molecule has 9 heteroatoms. The first-order valence-electron chi connectivity index (χ1n) is 10.1. The Bertz CT molecular complexity index is 1200. The highest BCUT2D eigenvalue weighted by atomic mass is 16.7. The molecule has 168 valence electrons. The van der Waals surface area contributed by atoms with Gasteiger partial charge in [-0.3, -0.25) is 10.1 Å². The number of esters is 1. The Labute approximate surface area is 188 Å². The van der Waals surface area contributed by atoms with E-state index < -0.39 is 34.5 Å². The van der Waals surface area contributed by atoms with Gasteiger partial charge in [-0.05, 0) is 40.3 Å². The second kappa shape index (κ2) is 9.09. The lowest BCUT2D eigenvalue weighted by Gasteiger charge is -2.15. The predicted octanol–water partition coefficient (Wildman–Crippen LogP) is 3.66. The quantitative estimate of drug-likeness (QED) is 0.252. The van der Waals surface area contributed by atoms with Crippen molar-refractivity contribution in [1.82, 2.24) is 0 Å². The molecule has 0 spiro atoms. The van der Waals surface area contributed by atoms with E-state index in [9.17, 15) is 24.8 Å². The van der Waals surface area contributed by atoms with Crippen LogP contribution in [0.1, 0.15) is 22.6 Å². The molecule has 0 unspecified atom stereocenters. The molecule has 3 aromatic rings. The molecule has 1 aliphatic carbocycles. The van der Waals surface area contributed by atoms with Gasteiger partial charge < -0.3 is 20.3 Å². The Hall–Kier alpha value is -4.24. The summed E-state index contributed by atoms with van der Waals surface area (Å²) >= 11 is 0.